The third kappa shape index (κ3) is 7.28. The van der Waals surface area contributed by atoms with Gasteiger partial charge in [-0.05, 0) is 84.0 Å². The number of unbranched alkanes of at least 4 members (excludes halogenated alkanes) is 6. The van der Waals surface area contributed by atoms with E-state index in [2.05, 4.69) is 37.0 Å². The van der Waals surface area contributed by atoms with Crippen LogP contribution in [0.15, 0.2) is 48.3 Å². The highest BCUT2D eigenvalue weighted by Crippen LogP contribution is 2.43. The summed E-state index contributed by atoms with van der Waals surface area (Å²) in [5.41, 5.74) is 5.81. The van der Waals surface area contributed by atoms with Gasteiger partial charge in [-0.1, -0.05) is 52.4 Å². The molecule has 3 nitrogen and oxygen atoms in total. The van der Waals surface area contributed by atoms with E-state index >= 15 is 0 Å². The number of benzene rings is 1. The molecule has 39 heavy (non-hydrogen) atoms. The van der Waals surface area contributed by atoms with Crippen molar-refractivity contribution in [3.05, 3.63) is 64.4 Å². The van der Waals surface area contributed by atoms with Crippen LogP contribution >= 0.6 is 22.7 Å². The smallest absolute Gasteiger partial charge is 0.395 e. The second-order valence-electron chi connectivity index (χ2n) is 10.1. The van der Waals surface area contributed by atoms with Crippen molar-refractivity contribution in [2.45, 2.75) is 84.2 Å². The molecule has 0 saturated carbocycles. The SMILES string of the molecule is CCCCCCc1cc2cc3sc(-c4ccnc(C(=N)C=C(N)C(F)(F)F)c4)c(CCCCCC)c3cc2s1. The number of alkyl halides is 3. The molecule has 208 valence electrons. The van der Waals surface area contributed by atoms with Crippen molar-refractivity contribution in [2.24, 2.45) is 5.73 Å². The monoisotopic (exact) mass is 571 g/mol. The lowest BCUT2D eigenvalue weighted by Crippen LogP contribution is -2.20. The van der Waals surface area contributed by atoms with Crippen molar-refractivity contribution in [3.63, 3.8) is 0 Å². The first kappa shape index (κ1) is 29.3. The largest absolute Gasteiger partial charge is 0.430 e. The summed E-state index contributed by atoms with van der Waals surface area (Å²) in [7, 11) is 0. The molecule has 0 saturated heterocycles. The van der Waals surface area contributed by atoms with Gasteiger partial charge in [-0.3, -0.25) is 10.4 Å². The Morgan fingerprint density at radius 1 is 0.923 bits per heavy atom. The number of fused-ring (bicyclic) bond motifs is 2. The zero-order valence-electron chi connectivity index (χ0n) is 22.6. The molecule has 0 spiro atoms. The van der Waals surface area contributed by atoms with E-state index in [4.69, 9.17) is 11.1 Å². The average Bonchev–Trinajstić information content (AvgIpc) is 3.47. The summed E-state index contributed by atoms with van der Waals surface area (Å²) in [5, 5.41) is 10.7. The summed E-state index contributed by atoms with van der Waals surface area (Å²) >= 11 is 3.60. The van der Waals surface area contributed by atoms with Crippen LogP contribution in [0.25, 0.3) is 30.6 Å². The molecule has 3 heterocycles. The maximum absolute atomic E-state index is 12.9. The molecule has 4 aromatic rings. The number of allylic oxidation sites excluding steroid dienone is 2. The van der Waals surface area contributed by atoms with E-state index in [0.717, 1.165) is 36.1 Å². The molecule has 3 N–H and O–H groups in total. The standard InChI is InChI=1S/C31H36F3N3S2/c1-3-5-7-9-11-22-15-21-17-28-24(18-27(21)38-22)23(12-10-8-6-4-2)30(39-28)20-13-14-37-26(16-20)25(35)19-29(36)31(32,33)34/h13-19,35H,3-12,36H2,1-2H3. The molecule has 0 amide bonds. The predicted molar refractivity (Wildman–Crippen MR) is 161 cm³/mol. The number of aryl methyl sites for hydroxylation is 2. The summed E-state index contributed by atoms with van der Waals surface area (Å²) in [6, 6.07) is 10.5. The first-order valence-electron chi connectivity index (χ1n) is 13.8. The van der Waals surface area contributed by atoms with E-state index in [1.165, 1.54) is 69.1 Å². The van der Waals surface area contributed by atoms with Gasteiger partial charge >= 0.3 is 6.18 Å². The fourth-order valence-corrected chi connectivity index (χ4v) is 7.23. The fourth-order valence-electron chi connectivity index (χ4n) is 4.82. The van der Waals surface area contributed by atoms with Crippen molar-refractivity contribution in [1.29, 1.82) is 5.41 Å². The first-order chi connectivity index (χ1) is 18.7. The Morgan fingerprint density at radius 3 is 2.33 bits per heavy atom. The highest BCUT2D eigenvalue weighted by Gasteiger charge is 2.31. The second kappa shape index (κ2) is 13.1. The maximum Gasteiger partial charge on any atom is 0.430 e. The molecule has 0 fully saturated rings. The van der Waals surface area contributed by atoms with E-state index < -0.39 is 11.9 Å². The zero-order chi connectivity index (χ0) is 28.0. The van der Waals surface area contributed by atoms with Crippen LogP contribution in [-0.4, -0.2) is 16.9 Å². The van der Waals surface area contributed by atoms with E-state index in [9.17, 15) is 13.2 Å². The van der Waals surface area contributed by atoms with Gasteiger partial charge in [0.25, 0.3) is 0 Å². The first-order valence-corrected chi connectivity index (χ1v) is 15.4. The molecule has 3 aromatic heterocycles. The lowest BCUT2D eigenvalue weighted by molar-refractivity contribution is -0.0925. The van der Waals surface area contributed by atoms with E-state index in [-0.39, 0.29) is 11.4 Å². The molecular weight excluding hydrogens is 535 g/mol. The number of rotatable bonds is 13. The van der Waals surface area contributed by atoms with Crippen molar-refractivity contribution < 1.29 is 13.2 Å². The van der Waals surface area contributed by atoms with Gasteiger partial charge in [-0.15, -0.1) is 22.7 Å². The van der Waals surface area contributed by atoms with Crippen LogP contribution in [0.2, 0.25) is 0 Å². The molecule has 0 radical (unpaired) electrons. The Bertz CT molecular complexity index is 1460. The van der Waals surface area contributed by atoms with Crippen molar-refractivity contribution in [3.8, 4) is 10.4 Å². The van der Waals surface area contributed by atoms with Crippen LogP contribution in [-0.2, 0) is 12.8 Å². The molecule has 0 unspecified atom stereocenters. The molecule has 4 rings (SSSR count). The van der Waals surface area contributed by atoms with Gasteiger partial charge in [-0.2, -0.15) is 13.2 Å². The summed E-state index contributed by atoms with van der Waals surface area (Å²) in [6.07, 6.45) is 9.20. The zero-order valence-corrected chi connectivity index (χ0v) is 24.2. The number of thiophene rings is 2. The van der Waals surface area contributed by atoms with E-state index in [1.54, 1.807) is 23.6 Å². The van der Waals surface area contributed by atoms with Crippen LogP contribution < -0.4 is 5.73 Å². The fraction of sp³-hybridized carbons (Fsp3) is 0.419. The second-order valence-corrected chi connectivity index (χ2v) is 12.3. The van der Waals surface area contributed by atoms with Crippen LogP contribution in [0.3, 0.4) is 0 Å². The average molecular weight is 572 g/mol. The third-order valence-electron chi connectivity index (χ3n) is 6.96. The van der Waals surface area contributed by atoms with Gasteiger partial charge in [0.2, 0.25) is 0 Å². The Morgan fingerprint density at radius 2 is 1.64 bits per heavy atom. The molecule has 0 aliphatic carbocycles. The molecular formula is C31H36F3N3S2. The number of pyridine rings is 1. The number of halogens is 3. The van der Waals surface area contributed by atoms with Gasteiger partial charge in [0, 0.05) is 25.4 Å². The minimum atomic E-state index is -4.68. The van der Waals surface area contributed by atoms with Gasteiger partial charge in [0.1, 0.15) is 5.70 Å². The summed E-state index contributed by atoms with van der Waals surface area (Å²) < 4.78 is 41.3. The van der Waals surface area contributed by atoms with Gasteiger partial charge < -0.3 is 5.73 Å². The predicted octanol–water partition coefficient (Wildman–Crippen LogP) is 10.2. The van der Waals surface area contributed by atoms with E-state index in [0.29, 0.717) is 6.08 Å². The van der Waals surface area contributed by atoms with Crippen molar-refractivity contribution in [1.82, 2.24) is 4.98 Å². The number of nitrogens with one attached hydrogen (secondary N) is 1. The number of nitrogens with zero attached hydrogens (tertiary/aromatic N) is 1. The molecule has 0 aliphatic rings. The molecule has 8 heteroatoms. The van der Waals surface area contributed by atoms with Gasteiger partial charge in [0.15, 0.2) is 0 Å². The number of aromatic nitrogens is 1. The summed E-state index contributed by atoms with van der Waals surface area (Å²) in [4.78, 5) is 6.70. The Labute approximate surface area is 236 Å². The maximum atomic E-state index is 12.9. The molecule has 0 atom stereocenters. The van der Waals surface area contributed by atoms with Crippen molar-refractivity contribution in [2.75, 3.05) is 0 Å². The van der Waals surface area contributed by atoms with Gasteiger partial charge in [0.05, 0.1) is 11.4 Å². The molecule has 0 aliphatic heterocycles. The normalized spacial score (nSPS) is 12.6. The van der Waals surface area contributed by atoms with Crippen LogP contribution in [0, 0.1) is 5.41 Å². The molecule has 0 bridgehead atoms. The summed E-state index contributed by atoms with van der Waals surface area (Å²) in [6.45, 7) is 4.43. The molecule has 1 aromatic carbocycles. The minimum Gasteiger partial charge on any atom is -0.395 e. The quantitative estimate of drug-likeness (QED) is 0.124. The number of hydrogen-bond donors (Lipinski definition) is 2. The topological polar surface area (TPSA) is 62.8 Å². The highest BCUT2D eigenvalue weighted by atomic mass is 32.1. The summed E-state index contributed by atoms with van der Waals surface area (Å²) in [5.74, 6) is 0. The van der Waals surface area contributed by atoms with Crippen LogP contribution in [0.5, 0.6) is 0 Å². The Hall–Kier alpha value is -2.71. The number of hydrogen-bond acceptors (Lipinski definition) is 5. The van der Waals surface area contributed by atoms with Crippen molar-refractivity contribution >= 4 is 48.6 Å². The minimum absolute atomic E-state index is 0.169. The highest BCUT2D eigenvalue weighted by molar-refractivity contribution is 7.23. The lowest BCUT2D eigenvalue weighted by atomic mass is 9.99. The lowest BCUT2D eigenvalue weighted by Gasteiger charge is -2.08. The number of nitrogens with two attached hydrogens (primary N) is 1. The third-order valence-corrected chi connectivity index (χ3v) is 9.36. The van der Waals surface area contributed by atoms with Crippen LogP contribution in [0.1, 0.15) is 81.3 Å². The van der Waals surface area contributed by atoms with E-state index in [1.807, 2.05) is 17.4 Å². The Balaban J connectivity index is 1.71. The van der Waals surface area contributed by atoms with Crippen LogP contribution in [0.4, 0.5) is 13.2 Å². The Kier molecular flexibility index (Phi) is 9.83. The van der Waals surface area contributed by atoms with Gasteiger partial charge in [-0.25, -0.2) is 0 Å².